The smallest absolute Gasteiger partial charge is 0.0312 e. The lowest BCUT2D eigenvalue weighted by molar-refractivity contribution is 0.179. The maximum absolute atomic E-state index is 4.17. The molecule has 0 radical (unpaired) electrons. The van der Waals surface area contributed by atoms with Crippen LogP contribution in [0.3, 0.4) is 0 Å². The molecule has 2 heterocycles. The van der Waals surface area contributed by atoms with Gasteiger partial charge in [0.15, 0.2) is 0 Å². The molecule has 1 saturated heterocycles. The summed E-state index contributed by atoms with van der Waals surface area (Å²) in [6.45, 7) is 6.82. The van der Waals surface area contributed by atoms with E-state index < -0.39 is 0 Å². The molecule has 1 aromatic rings. The van der Waals surface area contributed by atoms with Crippen molar-refractivity contribution in [3.05, 3.63) is 30.1 Å². The molecule has 1 N–H and O–H groups in total. The van der Waals surface area contributed by atoms with Crippen molar-refractivity contribution in [2.45, 2.75) is 26.3 Å². The molecule has 0 aromatic carbocycles. The van der Waals surface area contributed by atoms with Crippen molar-refractivity contribution in [1.29, 1.82) is 0 Å². The van der Waals surface area contributed by atoms with Crippen molar-refractivity contribution in [2.75, 3.05) is 26.7 Å². The third kappa shape index (κ3) is 3.27. The van der Waals surface area contributed by atoms with Gasteiger partial charge in [-0.2, -0.15) is 0 Å². The van der Waals surface area contributed by atoms with Gasteiger partial charge in [-0.1, -0.05) is 13.0 Å². The fourth-order valence-corrected chi connectivity index (χ4v) is 2.78. The van der Waals surface area contributed by atoms with Crippen molar-refractivity contribution in [1.82, 2.24) is 15.2 Å². The largest absolute Gasteiger partial charge is 0.316 e. The summed E-state index contributed by atoms with van der Waals surface area (Å²) in [5, 5.41) is 3.49. The van der Waals surface area contributed by atoms with Gasteiger partial charge >= 0.3 is 0 Å². The molecule has 0 bridgehead atoms. The van der Waals surface area contributed by atoms with E-state index in [1.54, 1.807) is 0 Å². The third-order valence-electron chi connectivity index (χ3n) is 3.86. The highest BCUT2D eigenvalue weighted by molar-refractivity contribution is 5.08. The van der Waals surface area contributed by atoms with Gasteiger partial charge in [0.1, 0.15) is 0 Å². The van der Waals surface area contributed by atoms with Crippen LogP contribution in [0, 0.1) is 5.41 Å². The lowest BCUT2D eigenvalue weighted by Gasteiger charge is -2.32. The third-order valence-corrected chi connectivity index (χ3v) is 3.86. The predicted molar refractivity (Wildman–Crippen MR) is 70.8 cm³/mol. The number of rotatable bonds is 5. The molecule has 17 heavy (non-hydrogen) atoms. The van der Waals surface area contributed by atoms with E-state index in [0.717, 1.165) is 6.54 Å². The number of hydrogen-bond acceptors (Lipinski definition) is 3. The van der Waals surface area contributed by atoms with Crippen molar-refractivity contribution >= 4 is 0 Å². The first-order chi connectivity index (χ1) is 8.24. The van der Waals surface area contributed by atoms with Gasteiger partial charge < -0.3 is 10.2 Å². The van der Waals surface area contributed by atoms with Crippen LogP contribution in [0.4, 0.5) is 0 Å². The fourth-order valence-electron chi connectivity index (χ4n) is 2.78. The van der Waals surface area contributed by atoms with Gasteiger partial charge in [-0.15, -0.1) is 0 Å². The summed E-state index contributed by atoms with van der Waals surface area (Å²) in [6.07, 6.45) is 6.36. The Hall–Kier alpha value is -0.930. The van der Waals surface area contributed by atoms with E-state index in [1.165, 1.54) is 38.0 Å². The zero-order valence-corrected chi connectivity index (χ0v) is 10.9. The molecule has 94 valence electrons. The van der Waals surface area contributed by atoms with Crippen LogP contribution in [0.2, 0.25) is 0 Å². The molecule has 3 heteroatoms. The monoisotopic (exact) mass is 233 g/mol. The summed E-state index contributed by atoms with van der Waals surface area (Å²) < 4.78 is 0. The molecule has 0 spiro atoms. The van der Waals surface area contributed by atoms with E-state index in [9.17, 15) is 0 Å². The lowest BCUT2D eigenvalue weighted by atomic mass is 9.84. The Bertz CT molecular complexity index is 331. The molecule has 1 aromatic heterocycles. The van der Waals surface area contributed by atoms with Gasteiger partial charge in [0, 0.05) is 32.0 Å². The molecule has 0 amide bonds. The first kappa shape index (κ1) is 12.5. The first-order valence-corrected chi connectivity index (χ1v) is 6.52. The SMILES string of the molecule is CCC1(CN(C)Cc2cccnc2)CCNC1. The molecule has 1 aliphatic heterocycles. The number of pyridine rings is 1. The number of hydrogen-bond donors (Lipinski definition) is 1. The molecular weight excluding hydrogens is 210 g/mol. The van der Waals surface area contributed by atoms with E-state index in [0.29, 0.717) is 5.41 Å². The number of nitrogens with one attached hydrogen (secondary N) is 1. The first-order valence-electron chi connectivity index (χ1n) is 6.52. The van der Waals surface area contributed by atoms with Crippen LogP contribution in [-0.4, -0.2) is 36.6 Å². The molecule has 3 nitrogen and oxygen atoms in total. The average Bonchev–Trinajstić information content (AvgIpc) is 2.79. The summed E-state index contributed by atoms with van der Waals surface area (Å²) in [7, 11) is 2.21. The minimum absolute atomic E-state index is 0.483. The van der Waals surface area contributed by atoms with Gasteiger partial charge in [0.25, 0.3) is 0 Å². The molecule has 0 aliphatic carbocycles. The zero-order chi connectivity index (χ0) is 12.1. The molecule has 1 atom stereocenters. The second-order valence-corrected chi connectivity index (χ2v) is 5.31. The molecule has 2 rings (SSSR count). The molecule has 1 aliphatic rings. The second-order valence-electron chi connectivity index (χ2n) is 5.31. The van der Waals surface area contributed by atoms with Crippen LogP contribution < -0.4 is 5.32 Å². The predicted octanol–water partition coefficient (Wildman–Crippen LogP) is 1.90. The maximum Gasteiger partial charge on any atom is 0.0312 e. The summed E-state index contributed by atoms with van der Waals surface area (Å²) in [5.41, 5.74) is 1.78. The molecule has 1 unspecified atom stereocenters. The number of aromatic nitrogens is 1. The average molecular weight is 233 g/mol. The van der Waals surface area contributed by atoms with Crippen LogP contribution in [-0.2, 0) is 6.54 Å². The Morgan fingerprint density at radius 3 is 3.00 bits per heavy atom. The van der Waals surface area contributed by atoms with E-state index in [2.05, 4.69) is 35.2 Å². The number of nitrogens with zero attached hydrogens (tertiary/aromatic N) is 2. The standard InChI is InChI=1S/C14H23N3/c1-3-14(6-8-16-11-14)12-17(2)10-13-5-4-7-15-9-13/h4-5,7,9,16H,3,6,8,10-12H2,1-2H3. The summed E-state index contributed by atoms with van der Waals surface area (Å²) in [4.78, 5) is 6.59. The Morgan fingerprint density at radius 2 is 2.41 bits per heavy atom. The quantitative estimate of drug-likeness (QED) is 0.842. The summed E-state index contributed by atoms with van der Waals surface area (Å²) >= 11 is 0. The van der Waals surface area contributed by atoms with Gasteiger partial charge in [-0.05, 0) is 43.5 Å². The Kier molecular flexibility index (Phi) is 4.13. The second kappa shape index (κ2) is 5.61. The summed E-state index contributed by atoms with van der Waals surface area (Å²) in [5.74, 6) is 0. The van der Waals surface area contributed by atoms with Crippen LogP contribution in [0.15, 0.2) is 24.5 Å². The highest BCUT2D eigenvalue weighted by Gasteiger charge is 2.32. The van der Waals surface area contributed by atoms with Gasteiger partial charge in [0.05, 0.1) is 0 Å². The van der Waals surface area contributed by atoms with Crippen molar-refractivity contribution in [2.24, 2.45) is 5.41 Å². The minimum atomic E-state index is 0.483. The normalized spacial score (nSPS) is 24.4. The van der Waals surface area contributed by atoms with Gasteiger partial charge in [-0.3, -0.25) is 4.98 Å². The van der Waals surface area contributed by atoms with Crippen molar-refractivity contribution in [3.8, 4) is 0 Å². The Balaban J connectivity index is 1.90. The lowest BCUT2D eigenvalue weighted by Crippen LogP contribution is -2.36. The van der Waals surface area contributed by atoms with E-state index in [-0.39, 0.29) is 0 Å². The van der Waals surface area contributed by atoms with E-state index in [4.69, 9.17) is 0 Å². The van der Waals surface area contributed by atoms with Crippen LogP contribution in [0.5, 0.6) is 0 Å². The molecular formula is C14H23N3. The van der Waals surface area contributed by atoms with Crippen molar-refractivity contribution < 1.29 is 0 Å². The van der Waals surface area contributed by atoms with E-state index in [1.807, 2.05) is 18.5 Å². The highest BCUT2D eigenvalue weighted by atomic mass is 15.1. The Labute approximate surface area is 104 Å². The Morgan fingerprint density at radius 1 is 1.53 bits per heavy atom. The fraction of sp³-hybridized carbons (Fsp3) is 0.643. The van der Waals surface area contributed by atoms with Gasteiger partial charge in [-0.25, -0.2) is 0 Å². The van der Waals surface area contributed by atoms with Crippen LogP contribution >= 0.6 is 0 Å². The zero-order valence-electron chi connectivity index (χ0n) is 10.9. The molecule has 1 fully saturated rings. The van der Waals surface area contributed by atoms with Gasteiger partial charge in [0.2, 0.25) is 0 Å². The molecule has 0 saturated carbocycles. The maximum atomic E-state index is 4.17. The summed E-state index contributed by atoms with van der Waals surface area (Å²) in [6, 6.07) is 4.16. The highest BCUT2D eigenvalue weighted by Crippen LogP contribution is 2.30. The van der Waals surface area contributed by atoms with Crippen molar-refractivity contribution in [3.63, 3.8) is 0 Å². The minimum Gasteiger partial charge on any atom is -0.316 e. The topological polar surface area (TPSA) is 28.2 Å². The van der Waals surface area contributed by atoms with Crippen LogP contribution in [0.25, 0.3) is 0 Å². The van der Waals surface area contributed by atoms with E-state index >= 15 is 0 Å². The van der Waals surface area contributed by atoms with Crippen LogP contribution in [0.1, 0.15) is 25.3 Å².